The van der Waals surface area contributed by atoms with Crippen LogP contribution in [0.25, 0.3) is 16.3 Å². The number of likely N-dealkylation sites (N-methyl/N-ethyl adjacent to an activating group) is 1. The fourth-order valence-corrected chi connectivity index (χ4v) is 4.96. The van der Waals surface area contributed by atoms with Crippen molar-refractivity contribution in [1.82, 2.24) is 14.2 Å². The Kier molecular flexibility index (Phi) is 5.97. The van der Waals surface area contributed by atoms with Gasteiger partial charge in [0, 0.05) is 53.9 Å². The summed E-state index contributed by atoms with van der Waals surface area (Å²) in [6, 6.07) is 16.4. The molecule has 0 radical (unpaired) electrons. The first kappa shape index (κ1) is 22.1. The van der Waals surface area contributed by atoms with Crippen molar-refractivity contribution in [3.63, 3.8) is 0 Å². The van der Waals surface area contributed by atoms with Gasteiger partial charge in [0.05, 0.1) is 22.8 Å². The average Bonchev–Trinajstić information content (AvgIpc) is 3.21. The number of pyridine rings is 1. The molecule has 2 aromatic heterocycles. The number of fused-ring (bicyclic) bond motifs is 3. The van der Waals surface area contributed by atoms with Crippen LogP contribution in [0.5, 0.6) is 0 Å². The molecule has 0 unspecified atom stereocenters. The summed E-state index contributed by atoms with van der Waals surface area (Å²) < 4.78 is 1.81. The topological polar surface area (TPSA) is 45.0 Å². The lowest BCUT2D eigenvalue weighted by molar-refractivity contribution is 0.0878. The highest BCUT2D eigenvalue weighted by molar-refractivity contribution is 6.37. The number of ketones is 2. The molecule has 0 atom stereocenters. The zero-order chi connectivity index (χ0) is 23.1. The molecule has 0 bridgehead atoms. The normalized spacial score (nSPS) is 15.4. The lowest BCUT2D eigenvalue weighted by atomic mass is 10.1. The van der Waals surface area contributed by atoms with Crippen molar-refractivity contribution in [1.29, 1.82) is 0 Å². The molecule has 5 nitrogen and oxygen atoms in total. The van der Waals surface area contributed by atoms with E-state index in [1.165, 1.54) is 0 Å². The van der Waals surface area contributed by atoms with E-state index in [0.29, 0.717) is 28.4 Å². The van der Waals surface area contributed by atoms with Gasteiger partial charge in [0.1, 0.15) is 0 Å². The summed E-state index contributed by atoms with van der Waals surface area (Å²) in [5, 5.41) is 2.70. The highest BCUT2D eigenvalue weighted by atomic mass is 35.5. The van der Waals surface area contributed by atoms with Crippen LogP contribution in [0.2, 0.25) is 10.0 Å². The van der Waals surface area contributed by atoms with Gasteiger partial charge in [-0.1, -0.05) is 47.5 Å². The van der Waals surface area contributed by atoms with Crippen LogP contribution >= 0.6 is 23.2 Å². The minimum atomic E-state index is -0.249. The molecule has 4 aromatic rings. The lowest BCUT2D eigenvalue weighted by Crippen LogP contribution is -2.46. The third kappa shape index (κ3) is 4.18. The maximum absolute atomic E-state index is 13.5. The number of Topliss-reactive ketones (excluding diaryl/α,β-unsaturated/α-hetero) is 1. The number of aromatic nitrogens is 1. The van der Waals surface area contributed by atoms with Crippen molar-refractivity contribution in [3.8, 4) is 0 Å². The van der Waals surface area contributed by atoms with E-state index in [1.807, 2.05) is 40.9 Å². The third-order valence-electron chi connectivity index (χ3n) is 6.33. The summed E-state index contributed by atoms with van der Waals surface area (Å²) in [7, 11) is 2.09. The van der Waals surface area contributed by atoms with E-state index in [9.17, 15) is 9.59 Å². The minimum Gasteiger partial charge on any atom is -0.312 e. The van der Waals surface area contributed by atoms with E-state index in [-0.39, 0.29) is 16.6 Å². The molecule has 5 rings (SSSR count). The van der Waals surface area contributed by atoms with Gasteiger partial charge in [0.2, 0.25) is 5.78 Å². The van der Waals surface area contributed by atoms with Gasteiger partial charge in [-0.2, -0.15) is 0 Å². The van der Waals surface area contributed by atoms with Crippen molar-refractivity contribution in [3.05, 3.63) is 87.7 Å². The first-order chi connectivity index (χ1) is 15.9. The number of nitrogens with zero attached hydrogens (tertiary/aromatic N) is 3. The summed E-state index contributed by atoms with van der Waals surface area (Å²) >= 11 is 12.4. The van der Waals surface area contributed by atoms with Crippen LogP contribution < -0.4 is 0 Å². The fraction of sp³-hybridized carbons (Fsp3) is 0.231. The quantitative estimate of drug-likeness (QED) is 0.375. The second kappa shape index (κ2) is 8.92. The summed E-state index contributed by atoms with van der Waals surface area (Å²) in [6.07, 6.45) is 1.85. The molecule has 2 aromatic carbocycles. The number of carbonyl (C=O) groups excluding carboxylic acids is 2. The second-order valence-corrected chi connectivity index (χ2v) is 9.36. The van der Waals surface area contributed by atoms with E-state index >= 15 is 0 Å². The zero-order valence-corrected chi connectivity index (χ0v) is 19.7. The van der Waals surface area contributed by atoms with Crippen molar-refractivity contribution in [2.45, 2.75) is 0 Å². The van der Waals surface area contributed by atoms with Gasteiger partial charge in [0.25, 0.3) is 0 Å². The molecule has 0 amide bonds. The molecule has 1 fully saturated rings. The van der Waals surface area contributed by atoms with Gasteiger partial charge < -0.3 is 9.30 Å². The van der Waals surface area contributed by atoms with Crippen LogP contribution in [0, 0.1) is 0 Å². The van der Waals surface area contributed by atoms with Crippen LogP contribution in [0.4, 0.5) is 0 Å². The summed E-state index contributed by atoms with van der Waals surface area (Å²) in [4.78, 5) is 31.5. The zero-order valence-electron chi connectivity index (χ0n) is 18.2. The van der Waals surface area contributed by atoms with Crippen LogP contribution in [0.1, 0.15) is 26.4 Å². The predicted molar refractivity (Wildman–Crippen MR) is 133 cm³/mol. The van der Waals surface area contributed by atoms with Gasteiger partial charge in [0.15, 0.2) is 5.78 Å². The molecule has 1 aliphatic heterocycles. The van der Waals surface area contributed by atoms with Crippen molar-refractivity contribution < 1.29 is 9.59 Å². The SMILES string of the molecule is CN1CCN(CC(=O)c2cc(C(=O)c3ccc(Cl)cc3Cl)n3ccc4ccccc4c23)CC1. The largest absolute Gasteiger partial charge is 0.312 e. The first-order valence-electron chi connectivity index (χ1n) is 10.9. The molecule has 1 saturated heterocycles. The molecule has 3 heterocycles. The number of hydrogen-bond acceptors (Lipinski definition) is 4. The number of hydrogen-bond donors (Lipinski definition) is 0. The molecule has 0 spiro atoms. The first-order valence-corrected chi connectivity index (χ1v) is 11.6. The number of piperazine rings is 1. The Morgan fingerprint density at radius 1 is 0.909 bits per heavy atom. The molecule has 0 saturated carbocycles. The monoisotopic (exact) mass is 479 g/mol. The van der Waals surface area contributed by atoms with Gasteiger partial charge in [-0.05, 0) is 42.8 Å². The number of benzene rings is 2. The minimum absolute atomic E-state index is 0.00894. The molecule has 33 heavy (non-hydrogen) atoms. The molecule has 1 aliphatic rings. The third-order valence-corrected chi connectivity index (χ3v) is 6.88. The molecular formula is C26H23Cl2N3O2. The standard InChI is InChI=1S/C26H23Cl2N3O2/c1-29-10-12-30(13-11-29)16-24(32)21-15-23(26(33)20-7-6-18(27)14-22(20)28)31-9-8-17-4-2-3-5-19(17)25(21)31/h2-9,14-15H,10-13,16H2,1H3. The molecule has 0 N–H and O–H groups in total. The maximum Gasteiger partial charge on any atom is 0.211 e. The number of rotatable bonds is 5. The van der Waals surface area contributed by atoms with E-state index < -0.39 is 0 Å². The van der Waals surface area contributed by atoms with Gasteiger partial charge >= 0.3 is 0 Å². The Morgan fingerprint density at radius 3 is 2.42 bits per heavy atom. The van der Waals surface area contributed by atoms with Crippen molar-refractivity contribution >= 4 is 51.1 Å². The molecule has 7 heteroatoms. The molecule has 0 aliphatic carbocycles. The van der Waals surface area contributed by atoms with Crippen molar-refractivity contribution in [2.24, 2.45) is 0 Å². The molecular weight excluding hydrogens is 457 g/mol. The predicted octanol–water partition coefficient (Wildman–Crippen LogP) is 5.06. The Bertz CT molecular complexity index is 1390. The average molecular weight is 480 g/mol. The van der Waals surface area contributed by atoms with E-state index in [1.54, 1.807) is 24.3 Å². The van der Waals surface area contributed by atoms with Crippen LogP contribution in [-0.2, 0) is 0 Å². The summed E-state index contributed by atoms with van der Waals surface area (Å²) in [6.45, 7) is 3.89. The highest BCUT2D eigenvalue weighted by Crippen LogP contribution is 2.30. The van der Waals surface area contributed by atoms with Crippen LogP contribution in [-0.4, -0.2) is 65.5 Å². The number of halogens is 2. The van der Waals surface area contributed by atoms with E-state index in [4.69, 9.17) is 23.2 Å². The van der Waals surface area contributed by atoms with E-state index in [2.05, 4.69) is 16.8 Å². The Labute approximate surface area is 202 Å². The van der Waals surface area contributed by atoms with Gasteiger partial charge in [-0.15, -0.1) is 0 Å². The summed E-state index contributed by atoms with van der Waals surface area (Å²) in [5.74, 6) is -0.241. The van der Waals surface area contributed by atoms with E-state index in [0.717, 1.165) is 42.5 Å². The number of carbonyl (C=O) groups is 2. The van der Waals surface area contributed by atoms with Crippen molar-refractivity contribution in [2.75, 3.05) is 39.8 Å². The Balaban J connectivity index is 1.63. The maximum atomic E-state index is 13.5. The second-order valence-electron chi connectivity index (χ2n) is 8.52. The van der Waals surface area contributed by atoms with Gasteiger partial charge in [-0.25, -0.2) is 0 Å². The fourth-order valence-electron chi connectivity index (χ4n) is 4.46. The van der Waals surface area contributed by atoms with Gasteiger partial charge in [-0.3, -0.25) is 14.5 Å². The highest BCUT2D eigenvalue weighted by Gasteiger charge is 2.25. The van der Waals surface area contributed by atoms with Crippen LogP contribution in [0.15, 0.2) is 60.8 Å². The Morgan fingerprint density at radius 2 is 1.67 bits per heavy atom. The van der Waals surface area contributed by atoms with Crippen LogP contribution in [0.3, 0.4) is 0 Å². The molecule has 168 valence electrons. The summed E-state index contributed by atoms with van der Waals surface area (Å²) in [5.41, 5.74) is 2.06. The lowest BCUT2D eigenvalue weighted by Gasteiger charge is -2.31. The Hall–Kier alpha value is -2.70. The smallest absolute Gasteiger partial charge is 0.211 e.